The number of nitrogens with two attached hydrogens (primary N) is 7. The molecule has 63 heavy (non-hydrogen) atoms. The van der Waals surface area contributed by atoms with Gasteiger partial charge in [-0.15, -0.1) is 0 Å². The zero-order valence-corrected chi connectivity index (χ0v) is 36.9. The van der Waals surface area contributed by atoms with Crippen molar-refractivity contribution in [3.05, 3.63) is 0 Å². The Bertz CT molecular complexity index is 1380. The molecule has 0 aromatic rings. The number of carbonyl (C=O) groups is 8. The molecule has 364 valence electrons. The van der Waals surface area contributed by atoms with Crippen LogP contribution in [0, 0.1) is 0 Å². The first-order chi connectivity index (χ1) is 30.1. The topological polar surface area (TPSA) is 431 Å². The van der Waals surface area contributed by atoms with Gasteiger partial charge in [0.05, 0.1) is 12.5 Å². The molecule has 0 spiro atoms. The molecule has 0 aliphatic rings. The SMILES string of the molecule is NCCCC[C@H](NC(=O)[C@H](CCCCN)NC(=O)[C@H](CCCCN)NC(=O)[C@H](CCCCN)NC(=O)[C@H](CCCCN)NC(=O)[C@H](CCCCN)NC(=O)[C@@H](N)CC(=O)O)C(=O)O. The van der Waals surface area contributed by atoms with Crippen molar-refractivity contribution in [1.29, 1.82) is 0 Å². The summed E-state index contributed by atoms with van der Waals surface area (Å²) in [4.78, 5) is 105. The van der Waals surface area contributed by atoms with Gasteiger partial charge in [-0.05, 0) is 155 Å². The molecular formula is C40H79N13O10. The van der Waals surface area contributed by atoms with E-state index in [4.69, 9.17) is 45.2 Å². The van der Waals surface area contributed by atoms with Crippen molar-refractivity contribution in [2.45, 2.75) is 164 Å². The maximum Gasteiger partial charge on any atom is 0.326 e. The van der Waals surface area contributed by atoms with Crippen LogP contribution in [0.3, 0.4) is 0 Å². The number of rotatable bonds is 39. The second kappa shape index (κ2) is 35.9. The Morgan fingerprint density at radius 3 is 0.746 bits per heavy atom. The molecule has 0 rings (SSSR count). The van der Waals surface area contributed by atoms with Crippen molar-refractivity contribution in [1.82, 2.24) is 31.9 Å². The summed E-state index contributed by atoms with van der Waals surface area (Å²) in [6.45, 7) is 1.87. The zero-order valence-electron chi connectivity index (χ0n) is 36.9. The van der Waals surface area contributed by atoms with E-state index in [2.05, 4.69) is 31.9 Å². The van der Waals surface area contributed by atoms with Crippen LogP contribution < -0.4 is 72.0 Å². The molecule has 0 radical (unpaired) electrons. The molecule has 0 saturated carbocycles. The smallest absolute Gasteiger partial charge is 0.326 e. The van der Waals surface area contributed by atoms with E-state index >= 15 is 0 Å². The Labute approximate surface area is 371 Å². The summed E-state index contributed by atoms with van der Waals surface area (Å²) in [5.41, 5.74) is 39.7. The van der Waals surface area contributed by atoms with Crippen LogP contribution in [0.2, 0.25) is 0 Å². The van der Waals surface area contributed by atoms with Gasteiger partial charge in [0.1, 0.15) is 36.3 Å². The first-order valence-electron chi connectivity index (χ1n) is 22.3. The predicted octanol–water partition coefficient (Wildman–Crippen LogP) is -3.44. The van der Waals surface area contributed by atoms with E-state index in [0.717, 1.165) is 0 Å². The lowest BCUT2D eigenvalue weighted by molar-refractivity contribution is -0.142. The molecule has 7 atom stereocenters. The van der Waals surface area contributed by atoms with Crippen molar-refractivity contribution >= 4 is 47.4 Å². The fraction of sp³-hybridized carbons (Fsp3) is 0.800. The van der Waals surface area contributed by atoms with Gasteiger partial charge in [0.2, 0.25) is 35.4 Å². The zero-order chi connectivity index (χ0) is 47.6. The van der Waals surface area contributed by atoms with Crippen LogP contribution in [0.5, 0.6) is 0 Å². The molecule has 0 heterocycles. The predicted molar refractivity (Wildman–Crippen MR) is 237 cm³/mol. The first kappa shape index (κ1) is 58.5. The van der Waals surface area contributed by atoms with Crippen molar-refractivity contribution < 1.29 is 48.6 Å². The maximum atomic E-state index is 14.1. The number of aliphatic carboxylic acids is 2. The normalized spacial score (nSPS) is 14.5. The molecule has 0 saturated heterocycles. The molecule has 6 amide bonds. The summed E-state index contributed by atoms with van der Waals surface area (Å²) in [6, 6.07) is -8.65. The minimum Gasteiger partial charge on any atom is -0.481 e. The Kier molecular flexibility index (Phi) is 33.3. The van der Waals surface area contributed by atoms with Crippen LogP contribution in [0.1, 0.15) is 122 Å². The third kappa shape index (κ3) is 26.6. The van der Waals surface area contributed by atoms with Gasteiger partial charge in [0, 0.05) is 0 Å². The molecule has 23 nitrogen and oxygen atoms in total. The van der Waals surface area contributed by atoms with E-state index in [1.807, 2.05) is 0 Å². The minimum absolute atomic E-state index is 0.0967. The lowest BCUT2D eigenvalue weighted by atomic mass is 10.0. The number of carboxylic acid groups (broad SMARTS) is 2. The highest BCUT2D eigenvalue weighted by Gasteiger charge is 2.33. The third-order valence-electron chi connectivity index (χ3n) is 10.2. The molecule has 0 aliphatic carbocycles. The summed E-state index contributed by atoms with van der Waals surface area (Å²) in [5.74, 6) is -7.06. The standard InChI is InChI=1S/C40H79N13O10/c41-19-7-1-13-27(48-34(56)26(47)25-33(54)55)35(57)49-28(14-2-8-20-42)36(58)50-29(15-3-9-21-43)37(59)51-30(16-4-10-22-44)38(60)52-31(17-5-11-23-45)39(61)53-32(40(62)63)18-6-12-24-46/h26-32H,1-25,41-47H2,(H,48,56)(H,49,57)(H,50,58)(H,51,59)(H,52,60)(H,53,61)(H,54,55)(H,62,63)/t26-,27-,28-,29-,30-,31-,32-/m0/s1. The molecule has 0 fully saturated rings. The fourth-order valence-corrected chi connectivity index (χ4v) is 6.48. The van der Waals surface area contributed by atoms with Crippen LogP contribution in [0.25, 0.3) is 0 Å². The number of amides is 6. The van der Waals surface area contributed by atoms with Crippen LogP contribution in [0.15, 0.2) is 0 Å². The monoisotopic (exact) mass is 902 g/mol. The van der Waals surface area contributed by atoms with Crippen molar-refractivity contribution in [3.63, 3.8) is 0 Å². The van der Waals surface area contributed by atoms with E-state index in [0.29, 0.717) is 116 Å². The Morgan fingerprint density at radius 2 is 0.540 bits per heavy atom. The molecule has 0 aromatic carbocycles. The average Bonchev–Trinajstić information content (AvgIpc) is 3.23. The van der Waals surface area contributed by atoms with Crippen LogP contribution in [-0.4, -0.2) is 139 Å². The van der Waals surface area contributed by atoms with Gasteiger partial charge < -0.3 is 82.2 Å². The van der Waals surface area contributed by atoms with E-state index in [1.165, 1.54) is 0 Å². The van der Waals surface area contributed by atoms with E-state index in [1.54, 1.807) is 0 Å². The van der Waals surface area contributed by atoms with Gasteiger partial charge in [0.15, 0.2) is 0 Å². The van der Waals surface area contributed by atoms with E-state index < -0.39 is 96.1 Å². The van der Waals surface area contributed by atoms with E-state index in [9.17, 15) is 43.5 Å². The first-order valence-corrected chi connectivity index (χ1v) is 22.3. The minimum atomic E-state index is -1.44. The van der Waals surface area contributed by atoms with Crippen molar-refractivity contribution in [2.24, 2.45) is 40.1 Å². The van der Waals surface area contributed by atoms with Crippen LogP contribution >= 0.6 is 0 Å². The highest BCUT2D eigenvalue weighted by atomic mass is 16.4. The second-order valence-electron chi connectivity index (χ2n) is 15.6. The number of carbonyl (C=O) groups excluding carboxylic acids is 6. The Balaban J connectivity index is 6.53. The lowest BCUT2D eigenvalue weighted by Crippen LogP contribution is -2.59. The van der Waals surface area contributed by atoms with Gasteiger partial charge in [-0.3, -0.25) is 33.6 Å². The Morgan fingerprint density at radius 1 is 0.333 bits per heavy atom. The summed E-state index contributed by atoms with van der Waals surface area (Å²) < 4.78 is 0. The summed E-state index contributed by atoms with van der Waals surface area (Å²) in [7, 11) is 0. The maximum absolute atomic E-state index is 14.1. The van der Waals surface area contributed by atoms with E-state index in [-0.39, 0.29) is 38.5 Å². The van der Waals surface area contributed by atoms with Crippen LogP contribution in [-0.2, 0) is 38.4 Å². The number of nitrogens with one attached hydrogen (secondary N) is 6. The molecule has 22 N–H and O–H groups in total. The van der Waals surface area contributed by atoms with Crippen LogP contribution in [0.4, 0.5) is 0 Å². The van der Waals surface area contributed by atoms with Gasteiger partial charge in [-0.1, -0.05) is 0 Å². The Hall–Kier alpha value is -4.52. The molecular weight excluding hydrogens is 823 g/mol. The quantitative estimate of drug-likeness (QED) is 0.0267. The highest BCUT2D eigenvalue weighted by Crippen LogP contribution is 2.11. The largest absolute Gasteiger partial charge is 0.481 e. The van der Waals surface area contributed by atoms with Gasteiger partial charge in [-0.25, -0.2) is 4.79 Å². The molecule has 0 unspecified atom stereocenters. The van der Waals surface area contributed by atoms with Gasteiger partial charge in [-0.2, -0.15) is 0 Å². The molecule has 0 aliphatic heterocycles. The van der Waals surface area contributed by atoms with Crippen molar-refractivity contribution in [2.75, 3.05) is 39.3 Å². The number of hydrogen-bond acceptors (Lipinski definition) is 15. The molecule has 0 aromatic heterocycles. The average molecular weight is 902 g/mol. The highest BCUT2D eigenvalue weighted by molar-refractivity contribution is 5.97. The molecule has 0 bridgehead atoms. The number of unbranched alkanes of at least 4 members (excludes halogenated alkanes) is 6. The molecule has 23 heteroatoms. The summed E-state index contributed by atoms with van der Waals surface area (Å²) in [5, 5.41) is 34.7. The van der Waals surface area contributed by atoms with Gasteiger partial charge >= 0.3 is 11.9 Å². The summed E-state index contributed by atoms with van der Waals surface area (Å²) >= 11 is 0. The fourth-order valence-electron chi connectivity index (χ4n) is 6.48. The summed E-state index contributed by atoms with van der Waals surface area (Å²) in [6.07, 6.45) is 5.58. The van der Waals surface area contributed by atoms with Gasteiger partial charge in [0.25, 0.3) is 0 Å². The number of hydrogen-bond donors (Lipinski definition) is 15. The number of carboxylic acids is 2. The lowest BCUT2D eigenvalue weighted by Gasteiger charge is -2.28. The van der Waals surface area contributed by atoms with Crippen molar-refractivity contribution in [3.8, 4) is 0 Å². The third-order valence-corrected chi connectivity index (χ3v) is 10.2. The second-order valence-corrected chi connectivity index (χ2v) is 15.6.